The van der Waals surface area contributed by atoms with E-state index in [4.69, 9.17) is 9.47 Å². The molecule has 3 amide bonds. The highest BCUT2D eigenvalue weighted by molar-refractivity contribution is 6.06. The van der Waals surface area contributed by atoms with Gasteiger partial charge in [-0.2, -0.15) is 0 Å². The lowest BCUT2D eigenvalue weighted by Crippen LogP contribution is -3.12. The van der Waals surface area contributed by atoms with Gasteiger partial charge in [-0.25, -0.2) is 9.69 Å². The van der Waals surface area contributed by atoms with Gasteiger partial charge in [0.15, 0.2) is 6.67 Å². The summed E-state index contributed by atoms with van der Waals surface area (Å²) in [6, 6.07) is 5.87. The minimum absolute atomic E-state index is 0.0238. The molecule has 3 aliphatic rings. The number of benzene rings is 1. The number of carbonyl (C=O) groups is 2. The van der Waals surface area contributed by atoms with Gasteiger partial charge >= 0.3 is 6.03 Å². The maximum Gasteiger partial charge on any atom is 0.329 e. The zero-order valence-electron chi connectivity index (χ0n) is 17.5. The Hall–Kier alpha value is -2.28. The summed E-state index contributed by atoms with van der Waals surface area (Å²) < 4.78 is 10.9. The highest BCUT2D eigenvalue weighted by Gasteiger charge is 2.52. The number of likely N-dealkylation sites (tertiary alicyclic amines) is 1. The van der Waals surface area contributed by atoms with E-state index in [1.54, 1.807) is 14.2 Å². The third-order valence-electron chi connectivity index (χ3n) is 6.86. The molecule has 1 spiro atoms. The molecule has 0 aromatic heterocycles. The molecule has 7 nitrogen and oxygen atoms in total. The monoisotopic (exact) mass is 402 g/mol. The fraction of sp³-hybridized carbons (Fsp3) is 0.636. The second kappa shape index (κ2) is 8.22. The molecule has 1 unspecified atom stereocenters. The Balaban J connectivity index is 1.53. The van der Waals surface area contributed by atoms with Crippen LogP contribution in [0.15, 0.2) is 18.2 Å². The van der Waals surface area contributed by atoms with Crippen molar-refractivity contribution in [2.24, 2.45) is 0 Å². The summed E-state index contributed by atoms with van der Waals surface area (Å²) >= 11 is 0. The number of imide groups is 1. The van der Waals surface area contributed by atoms with Crippen LogP contribution in [0.5, 0.6) is 11.5 Å². The Morgan fingerprint density at radius 2 is 1.86 bits per heavy atom. The zero-order chi connectivity index (χ0) is 20.4. The van der Waals surface area contributed by atoms with Gasteiger partial charge in [0.05, 0.1) is 26.3 Å². The number of rotatable bonds is 5. The van der Waals surface area contributed by atoms with Crippen molar-refractivity contribution < 1.29 is 24.0 Å². The first-order valence-electron chi connectivity index (χ1n) is 10.8. The zero-order valence-corrected chi connectivity index (χ0v) is 17.5. The van der Waals surface area contributed by atoms with E-state index in [0.717, 1.165) is 75.0 Å². The molecule has 29 heavy (non-hydrogen) atoms. The predicted molar refractivity (Wildman–Crippen MR) is 108 cm³/mol. The number of carbonyl (C=O) groups excluding carboxylic acids is 2. The lowest BCUT2D eigenvalue weighted by atomic mass is 9.90. The number of ether oxygens (including phenoxy) is 2. The van der Waals surface area contributed by atoms with E-state index in [2.05, 4.69) is 5.32 Å². The van der Waals surface area contributed by atoms with Crippen LogP contribution in [0.4, 0.5) is 4.79 Å². The van der Waals surface area contributed by atoms with Crippen molar-refractivity contribution in [3.05, 3.63) is 23.8 Å². The van der Waals surface area contributed by atoms with Crippen molar-refractivity contribution in [1.29, 1.82) is 0 Å². The van der Waals surface area contributed by atoms with Crippen LogP contribution >= 0.6 is 0 Å². The quantitative estimate of drug-likeness (QED) is 0.740. The summed E-state index contributed by atoms with van der Waals surface area (Å²) in [7, 11) is 3.31. The molecule has 158 valence electrons. The van der Waals surface area contributed by atoms with E-state index in [1.165, 1.54) is 9.80 Å². The van der Waals surface area contributed by atoms with Crippen LogP contribution in [0, 0.1) is 0 Å². The van der Waals surface area contributed by atoms with Gasteiger partial charge in [-0.05, 0) is 25.0 Å². The summed E-state index contributed by atoms with van der Waals surface area (Å²) in [5.41, 5.74) is 0.442. The Bertz CT molecular complexity index is 773. The van der Waals surface area contributed by atoms with Gasteiger partial charge < -0.3 is 19.7 Å². The van der Waals surface area contributed by atoms with Gasteiger partial charge in [-0.1, -0.05) is 25.7 Å². The second-order valence-electron chi connectivity index (χ2n) is 8.53. The largest absolute Gasteiger partial charge is 0.497 e. The normalized spacial score (nSPS) is 26.5. The van der Waals surface area contributed by atoms with E-state index in [1.807, 2.05) is 18.2 Å². The van der Waals surface area contributed by atoms with E-state index >= 15 is 0 Å². The third kappa shape index (κ3) is 3.68. The molecule has 1 aromatic carbocycles. The van der Waals surface area contributed by atoms with Crippen molar-refractivity contribution >= 4 is 11.9 Å². The van der Waals surface area contributed by atoms with Crippen molar-refractivity contribution in [2.75, 3.05) is 27.4 Å². The fourth-order valence-electron chi connectivity index (χ4n) is 5.28. The van der Waals surface area contributed by atoms with Crippen LogP contribution in [0.2, 0.25) is 0 Å². The smallest absolute Gasteiger partial charge is 0.329 e. The summed E-state index contributed by atoms with van der Waals surface area (Å²) in [6.07, 6.45) is 7.88. The summed E-state index contributed by atoms with van der Waals surface area (Å²) in [6.45, 7) is 1.34. The van der Waals surface area contributed by atoms with Crippen LogP contribution < -0.4 is 19.7 Å². The molecule has 3 fully saturated rings. The molecule has 7 heteroatoms. The van der Waals surface area contributed by atoms with Gasteiger partial charge in [-0.3, -0.25) is 4.79 Å². The van der Waals surface area contributed by atoms with Crippen molar-refractivity contribution in [2.45, 2.75) is 62.9 Å². The van der Waals surface area contributed by atoms with E-state index in [0.29, 0.717) is 6.67 Å². The van der Waals surface area contributed by atoms with Crippen LogP contribution in [0.3, 0.4) is 0 Å². The van der Waals surface area contributed by atoms with Crippen molar-refractivity contribution in [3.63, 3.8) is 0 Å². The molecule has 2 saturated heterocycles. The average Bonchev–Trinajstić information content (AvgIpc) is 3.18. The fourth-order valence-corrected chi connectivity index (χ4v) is 5.28. The van der Waals surface area contributed by atoms with Crippen LogP contribution in [-0.4, -0.2) is 49.8 Å². The minimum Gasteiger partial charge on any atom is -0.497 e. The maximum absolute atomic E-state index is 13.3. The molecule has 0 radical (unpaired) electrons. The topological polar surface area (TPSA) is 72.3 Å². The van der Waals surface area contributed by atoms with E-state index < -0.39 is 5.54 Å². The van der Waals surface area contributed by atoms with Crippen molar-refractivity contribution in [3.8, 4) is 11.5 Å². The van der Waals surface area contributed by atoms with Crippen LogP contribution in [0.25, 0.3) is 0 Å². The highest BCUT2D eigenvalue weighted by Crippen LogP contribution is 2.34. The number of nitrogens with one attached hydrogen (secondary N) is 2. The first-order valence-corrected chi connectivity index (χ1v) is 10.8. The van der Waals surface area contributed by atoms with Gasteiger partial charge in [0, 0.05) is 18.9 Å². The summed E-state index contributed by atoms with van der Waals surface area (Å²) in [5.74, 6) is 1.53. The van der Waals surface area contributed by atoms with Gasteiger partial charge in [0.2, 0.25) is 0 Å². The highest BCUT2D eigenvalue weighted by atomic mass is 16.5. The number of quaternary nitrogens is 1. The number of urea groups is 1. The standard InChI is InChI=1S/C22H31N3O4/c1-28-16-9-10-17(19(14-16)29-2)18-8-7-13-24(18)15-25-20(26)22(23-21(25)27)11-5-3-4-6-12-22/h9-10,14,18H,3-8,11-13,15H2,1-2H3,(H,23,27)/p+1/t18-/m0/s1. The average molecular weight is 403 g/mol. The SMILES string of the molecule is COc1ccc([C@@H]2CCC[NH+]2CN2C(=O)NC3(CCCCCC3)C2=O)c(OC)c1. The third-order valence-corrected chi connectivity index (χ3v) is 6.86. The summed E-state index contributed by atoms with van der Waals surface area (Å²) in [5, 5.41) is 3.06. The molecule has 2 heterocycles. The number of hydrogen-bond acceptors (Lipinski definition) is 4. The van der Waals surface area contributed by atoms with Gasteiger partial charge in [-0.15, -0.1) is 0 Å². The molecule has 1 aliphatic carbocycles. The predicted octanol–water partition coefficient (Wildman–Crippen LogP) is 2.03. The first kappa shape index (κ1) is 20.0. The lowest BCUT2D eigenvalue weighted by molar-refractivity contribution is -0.925. The number of amides is 3. The molecule has 1 saturated carbocycles. The molecule has 4 rings (SSSR count). The molecule has 2 atom stereocenters. The number of methoxy groups -OCH3 is 2. The lowest BCUT2D eigenvalue weighted by Gasteiger charge is -2.28. The van der Waals surface area contributed by atoms with E-state index in [-0.39, 0.29) is 18.0 Å². The number of nitrogens with zero attached hydrogens (tertiary/aromatic N) is 1. The molecular formula is C22H32N3O4+. The Labute approximate surface area is 172 Å². The first-order chi connectivity index (χ1) is 14.1. The van der Waals surface area contributed by atoms with Crippen LogP contribution in [0.1, 0.15) is 63.0 Å². The van der Waals surface area contributed by atoms with E-state index in [9.17, 15) is 9.59 Å². The Morgan fingerprint density at radius 1 is 1.10 bits per heavy atom. The molecular weight excluding hydrogens is 370 g/mol. The summed E-state index contributed by atoms with van der Waals surface area (Å²) in [4.78, 5) is 28.7. The van der Waals surface area contributed by atoms with Crippen LogP contribution in [-0.2, 0) is 4.79 Å². The molecule has 2 N–H and O–H groups in total. The maximum atomic E-state index is 13.3. The van der Waals surface area contributed by atoms with Gasteiger partial charge in [0.1, 0.15) is 23.1 Å². The number of hydrogen-bond donors (Lipinski definition) is 2. The van der Waals surface area contributed by atoms with Gasteiger partial charge in [0.25, 0.3) is 5.91 Å². The molecule has 0 bridgehead atoms. The Morgan fingerprint density at radius 3 is 2.55 bits per heavy atom. The minimum atomic E-state index is -0.667. The van der Waals surface area contributed by atoms with Crippen molar-refractivity contribution in [1.82, 2.24) is 10.2 Å². The molecule has 1 aromatic rings. The second-order valence-corrected chi connectivity index (χ2v) is 8.53. The Kier molecular flexibility index (Phi) is 5.67. The molecule has 2 aliphatic heterocycles.